The molecule has 2 aromatic rings. The molecule has 3 nitrogen and oxygen atoms in total. The summed E-state index contributed by atoms with van der Waals surface area (Å²) in [6.45, 7) is 3.30. The summed E-state index contributed by atoms with van der Waals surface area (Å²) in [4.78, 5) is 16.6. The number of fused-ring (bicyclic) bond motifs is 1. The molecule has 1 aliphatic rings. The molecule has 1 aliphatic heterocycles. The SMILES string of the molecule is CC(=O)N1CCCC(c2c[nH]c3cc(F)ccc23)CC1. The summed E-state index contributed by atoms with van der Waals surface area (Å²) in [7, 11) is 0. The molecule has 4 heteroatoms. The Kier molecular flexibility index (Phi) is 3.47. The van der Waals surface area contributed by atoms with Gasteiger partial charge >= 0.3 is 0 Å². The number of halogens is 1. The summed E-state index contributed by atoms with van der Waals surface area (Å²) >= 11 is 0. The maximum atomic E-state index is 13.2. The van der Waals surface area contributed by atoms with Gasteiger partial charge in [0.1, 0.15) is 5.82 Å². The largest absolute Gasteiger partial charge is 0.361 e. The lowest BCUT2D eigenvalue weighted by Crippen LogP contribution is -2.29. The van der Waals surface area contributed by atoms with Gasteiger partial charge in [-0.3, -0.25) is 4.79 Å². The first-order valence-electron chi connectivity index (χ1n) is 7.17. The van der Waals surface area contributed by atoms with Gasteiger partial charge in [-0.25, -0.2) is 4.39 Å². The highest BCUT2D eigenvalue weighted by Gasteiger charge is 2.21. The zero-order valence-corrected chi connectivity index (χ0v) is 11.7. The quantitative estimate of drug-likeness (QED) is 0.849. The fourth-order valence-corrected chi connectivity index (χ4v) is 3.18. The Bertz CT molecular complexity index is 634. The number of nitrogens with one attached hydrogen (secondary N) is 1. The number of aromatic amines is 1. The second kappa shape index (κ2) is 5.27. The smallest absolute Gasteiger partial charge is 0.219 e. The number of H-pyrrole nitrogens is 1. The van der Waals surface area contributed by atoms with Gasteiger partial charge in [-0.1, -0.05) is 0 Å². The van der Waals surface area contributed by atoms with E-state index in [0.29, 0.717) is 5.92 Å². The lowest BCUT2D eigenvalue weighted by atomic mass is 9.92. The predicted octanol–water partition coefficient (Wildman–Crippen LogP) is 3.42. The van der Waals surface area contributed by atoms with Crippen molar-refractivity contribution in [3.63, 3.8) is 0 Å². The molecule has 1 aromatic heterocycles. The predicted molar refractivity (Wildman–Crippen MR) is 77.1 cm³/mol. The number of carbonyl (C=O) groups excluding carboxylic acids is 1. The number of carbonyl (C=O) groups is 1. The average molecular weight is 274 g/mol. The van der Waals surface area contributed by atoms with Crippen molar-refractivity contribution in [1.82, 2.24) is 9.88 Å². The number of benzene rings is 1. The van der Waals surface area contributed by atoms with Gasteiger partial charge in [0.25, 0.3) is 0 Å². The highest BCUT2D eigenvalue weighted by Crippen LogP contribution is 2.33. The van der Waals surface area contributed by atoms with Crippen LogP contribution in [-0.2, 0) is 4.79 Å². The third-order valence-electron chi connectivity index (χ3n) is 4.29. The molecule has 1 amide bonds. The van der Waals surface area contributed by atoms with Crippen LogP contribution >= 0.6 is 0 Å². The maximum Gasteiger partial charge on any atom is 0.219 e. The van der Waals surface area contributed by atoms with Crippen LogP contribution in [0.15, 0.2) is 24.4 Å². The minimum Gasteiger partial charge on any atom is -0.361 e. The average Bonchev–Trinajstić information content (AvgIpc) is 2.67. The van der Waals surface area contributed by atoms with Gasteiger partial charge in [-0.15, -0.1) is 0 Å². The van der Waals surface area contributed by atoms with Crippen LogP contribution in [0.4, 0.5) is 4.39 Å². The van der Waals surface area contributed by atoms with E-state index in [1.807, 2.05) is 17.2 Å². The van der Waals surface area contributed by atoms with Gasteiger partial charge in [0.15, 0.2) is 0 Å². The summed E-state index contributed by atoms with van der Waals surface area (Å²) < 4.78 is 13.2. The minimum absolute atomic E-state index is 0.159. The molecule has 1 unspecified atom stereocenters. The van der Waals surface area contributed by atoms with Crippen molar-refractivity contribution in [3.05, 3.63) is 35.8 Å². The Balaban J connectivity index is 1.86. The molecule has 20 heavy (non-hydrogen) atoms. The Morgan fingerprint density at radius 2 is 2.20 bits per heavy atom. The van der Waals surface area contributed by atoms with E-state index in [2.05, 4.69) is 4.98 Å². The van der Waals surface area contributed by atoms with Crippen molar-refractivity contribution in [2.75, 3.05) is 13.1 Å². The molecule has 0 saturated carbocycles. The van der Waals surface area contributed by atoms with Gasteiger partial charge < -0.3 is 9.88 Å². The topological polar surface area (TPSA) is 36.1 Å². The number of aromatic nitrogens is 1. The van der Waals surface area contributed by atoms with E-state index in [1.54, 1.807) is 6.92 Å². The first-order valence-corrected chi connectivity index (χ1v) is 7.17. The van der Waals surface area contributed by atoms with E-state index < -0.39 is 0 Å². The molecule has 1 fully saturated rings. The van der Waals surface area contributed by atoms with Crippen LogP contribution in [0.5, 0.6) is 0 Å². The second-order valence-corrected chi connectivity index (χ2v) is 5.57. The molecule has 2 heterocycles. The minimum atomic E-state index is -0.213. The molecule has 1 aromatic carbocycles. The lowest BCUT2D eigenvalue weighted by Gasteiger charge is -2.18. The van der Waals surface area contributed by atoms with Crippen LogP contribution in [0.1, 0.15) is 37.7 Å². The van der Waals surface area contributed by atoms with Crippen LogP contribution in [0, 0.1) is 5.82 Å². The molecular formula is C16H19FN2O. The van der Waals surface area contributed by atoms with Crippen LogP contribution in [0.2, 0.25) is 0 Å². The lowest BCUT2D eigenvalue weighted by molar-refractivity contribution is -0.128. The third-order valence-corrected chi connectivity index (χ3v) is 4.29. The summed E-state index contributed by atoms with van der Waals surface area (Å²) in [5.41, 5.74) is 2.11. The van der Waals surface area contributed by atoms with Crippen LogP contribution in [0.3, 0.4) is 0 Å². The maximum absolute atomic E-state index is 13.2. The van der Waals surface area contributed by atoms with Gasteiger partial charge in [0.2, 0.25) is 5.91 Å². The highest BCUT2D eigenvalue weighted by molar-refractivity contribution is 5.83. The van der Waals surface area contributed by atoms with E-state index in [1.165, 1.54) is 17.7 Å². The normalized spacial score (nSPS) is 20.1. The van der Waals surface area contributed by atoms with Gasteiger partial charge in [-0.2, -0.15) is 0 Å². The number of rotatable bonds is 1. The van der Waals surface area contributed by atoms with E-state index in [4.69, 9.17) is 0 Å². The van der Waals surface area contributed by atoms with Crippen molar-refractivity contribution < 1.29 is 9.18 Å². The van der Waals surface area contributed by atoms with Crippen LogP contribution in [0.25, 0.3) is 10.9 Å². The number of likely N-dealkylation sites (tertiary alicyclic amines) is 1. The number of amides is 1. The third kappa shape index (κ3) is 2.42. The zero-order chi connectivity index (χ0) is 14.1. The molecule has 0 bridgehead atoms. The monoisotopic (exact) mass is 274 g/mol. The fourth-order valence-electron chi connectivity index (χ4n) is 3.18. The van der Waals surface area contributed by atoms with Gasteiger partial charge in [0, 0.05) is 37.1 Å². The second-order valence-electron chi connectivity index (χ2n) is 5.57. The molecular weight excluding hydrogens is 255 g/mol. The highest BCUT2D eigenvalue weighted by atomic mass is 19.1. The van der Waals surface area contributed by atoms with E-state index in [0.717, 1.165) is 43.3 Å². The summed E-state index contributed by atoms with van der Waals surface area (Å²) in [6, 6.07) is 4.90. The number of hydrogen-bond donors (Lipinski definition) is 1. The molecule has 0 spiro atoms. The molecule has 3 rings (SSSR count). The number of hydrogen-bond acceptors (Lipinski definition) is 1. The number of nitrogens with zero attached hydrogens (tertiary/aromatic N) is 1. The Hall–Kier alpha value is -1.84. The molecule has 106 valence electrons. The standard InChI is InChI=1S/C16H19FN2O/c1-11(20)19-7-2-3-12(6-8-19)15-10-18-16-9-13(17)4-5-14(15)16/h4-5,9-10,12,18H,2-3,6-8H2,1H3. The van der Waals surface area contributed by atoms with Crippen molar-refractivity contribution in [2.24, 2.45) is 0 Å². The van der Waals surface area contributed by atoms with Crippen molar-refractivity contribution in [1.29, 1.82) is 0 Å². The van der Waals surface area contributed by atoms with Crippen molar-refractivity contribution in [2.45, 2.75) is 32.1 Å². The van der Waals surface area contributed by atoms with Crippen LogP contribution < -0.4 is 0 Å². The molecule has 1 atom stereocenters. The Morgan fingerprint density at radius 3 is 3.00 bits per heavy atom. The summed E-state index contributed by atoms with van der Waals surface area (Å²) in [6.07, 6.45) is 5.08. The molecule has 1 saturated heterocycles. The van der Waals surface area contributed by atoms with E-state index in [-0.39, 0.29) is 11.7 Å². The summed E-state index contributed by atoms with van der Waals surface area (Å²) in [5.74, 6) is 0.389. The van der Waals surface area contributed by atoms with Gasteiger partial charge in [0.05, 0.1) is 0 Å². The van der Waals surface area contributed by atoms with E-state index in [9.17, 15) is 9.18 Å². The first kappa shape index (κ1) is 13.2. The van der Waals surface area contributed by atoms with Crippen molar-refractivity contribution >= 4 is 16.8 Å². The van der Waals surface area contributed by atoms with Gasteiger partial charge in [-0.05, 0) is 48.9 Å². The fraction of sp³-hybridized carbons (Fsp3) is 0.438. The zero-order valence-electron chi connectivity index (χ0n) is 11.7. The Morgan fingerprint density at radius 1 is 1.35 bits per heavy atom. The summed E-state index contributed by atoms with van der Waals surface area (Å²) in [5, 5.41) is 1.10. The first-order chi connectivity index (χ1) is 9.65. The Labute approximate surface area is 117 Å². The van der Waals surface area contributed by atoms with Crippen LogP contribution in [-0.4, -0.2) is 28.9 Å². The molecule has 0 radical (unpaired) electrons. The van der Waals surface area contributed by atoms with Crippen molar-refractivity contribution in [3.8, 4) is 0 Å². The van der Waals surface area contributed by atoms with E-state index >= 15 is 0 Å². The molecule has 1 N–H and O–H groups in total. The molecule has 0 aliphatic carbocycles.